The number of nitrogens with zero attached hydrogens (tertiary/aromatic N) is 6. The lowest BCUT2D eigenvalue weighted by molar-refractivity contribution is -0.121. The second kappa shape index (κ2) is 7.47. The van der Waals surface area contributed by atoms with E-state index in [0.29, 0.717) is 24.1 Å². The van der Waals surface area contributed by atoms with Gasteiger partial charge in [-0.1, -0.05) is 24.3 Å². The Kier molecular flexibility index (Phi) is 4.71. The van der Waals surface area contributed by atoms with Crippen molar-refractivity contribution < 1.29 is 4.79 Å². The number of hydrogen-bond donors (Lipinski definition) is 1. The van der Waals surface area contributed by atoms with Gasteiger partial charge in [0.2, 0.25) is 5.91 Å². The minimum Gasteiger partial charge on any atom is -0.350 e. The van der Waals surface area contributed by atoms with E-state index in [2.05, 4.69) is 20.5 Å². The fourth-order valence-corrected chi connectivity index (χ4v) is 2.93. The van der Waals surface area contributed by atoms with E-state index in [4.69, 9.17) is 0 Å². The monoisotopic (exact) mass is 377 g/mol. The van der Waals surface area contributed by atoms with E-state index in [1.165, 1.54) is 21.8 Å². The summed E-state index contributed by atoms with van der Waals surface area (Å²) in [5, 5.41) is 11.4. The molecule has 9 nitrogen and oxygen atoms in total. The third-order valence-electron chi connectivity index (χ3n) is 4.45. The molecule has 1 aromatic carbocycles. The van der Waals surface area contributed by atoms with Crippen molar-refractivity contribution in [2.24, 2.45) is 7.05 Å². The van der Waals surface area contributed by atoms with Crippen molar-refractivity contribution in [3.8, 4) is 0 Å². The van der Waals surface area contributed by atoms with Crippen molar-refractivity contribution >= 4 is 16.9 Å². The molecule has 0 spiro atoms. The van der Waals surface area contributed by atoms with Crippen molar-refractivity contribution in [2.45, 2.75) is 19.6 Å². The fraction of sp³-hybridized carbons (Fsp3) is 0.211. The highest BCUT2D eigenvalue weighted by atomic mass is 16.2. The zero-order valence-corrected chi connectivity index (χ0v) is 15.3. The van der Waals surface area contributed by atoms with Gasteiger partial charge in [0.05, 0.1) is 12.7 Å². The van der Waals surface area contributed by atoms with E-state index in [9.17, 15) is 9.59 Å². The number of nitrogens with one attached hydrogen (secondary N) is 1. The lowest BCUT2D eigenvalue weighted by atomic mass is 10.1. The molecule has 1 amide bonds. The van der Waals surface area contributed by atoms with Gasteiger partial charge in [0.25, 0.3) is 5.56 Å². The first kappa shape index (κ1) is 17.7. The third kappa shape index (κ3) is 3.68. The van der Waals surface area contributed by atoms with Gasteiger partial charge in [-0.2, -0.15) is 10.2 Å². The zero-order valence-electron chi connectivity index (χ0n) is 15.3. The average molecular weight is 377 g/mol. The maximum Gasteiger partial charge on any atom is 0.264 e. The topological polar surface area (TPSA) is 99.6 Å². The van der Waals surface area contributed by atoms with Crippen LogP contribution >= 0.6 is 0 Å². The summed E-state index contributed by atoms with van der Waals surface area (Å²) < 4.78 is 4.66. The summed E-state index contributed by atoms with van der Waals surface area (Å²) in [5.41, 5.74) is 2.32. The van der Waals surface area contributed by atoms with Crippen molar-refractivity contribution in [3.05, 3.63) is 76.7 Å². The number of aromatic nitrogens is 6. The molecular formula is C19H19N7O2. The average Bonchev–Trinajstić information content (AvgIpc) is 3.34. The summed E-state index contributed by atoms with van der Waals surface area (Å²) in [5.74, 6) is -0.257. The van der Waals surface area contributed by atoms with Gasteiger partial charge >= 0.3 is 0 Å². The van der Waals surface area contributed by atoms with Crippen molar-refractivity contribution in [2.75, 3.05) is 0 Å². The molecule has 1 N–H and O–H groups in total. The van der Waals surface area contributed by atoms with E-state index < -0.39 is 0 Å². The summed E-state index contributed by atoms with van der Waals surface area (Å²) in [6.45, 7) is 0.999. The van der Waals surface area contributed by atoms with Crippen LogP contribution in [0.5, 0.6) is 0 Å². The Balaban J connectivity index is 1.35. The first-order chi connectivity index (χ1) is 13.6. The van der Waals surface area contributed by atoms with Gasteiger partial charge in [0.15, 0.2) is 5.65 Å². The van der Waals surface area contributed by atoms with Crippen molar-refractivity contribution in [3.63, 3.8) is 0 Å². The van der Waals surface area contributed by atoms with E-state index in [1.54, 1.807) is 13.2 Å². The second-order valence-electron chi connectivity index (χ2n) is 6.48. The molecule has 0 unspecified atom stereocenters. The number of rotatable bonds is 6. The third-order valence-corrected chi connectivity index (χ3v) is 4.45. The molecule has 0 aliphatic rings. The van der Waals surface area contributed by atoms with Crippen LogP contribution in [0.3, 0.4) is 0 Å². The molecule has 0 saturated carbocycles. The van der Waals surface area contributed by atoms with Crippen molar-refractivity contribution in [1.29, 1.82) is 0 Å². The molecule has 4 rings (SSSR count). The smallest absolute Gasteiger partial charge is 0.264 e. The van der Waals surface area contributed by atoms with Crippen LogP contribution in [0.25, 0.3) is 11.0 Å². The first-order valence-corrected chi connectivity index (χ1v) is 8.79. The standard InChI is InChI=1S/C19H19N7O2/c1-24-18-16(10-23-24)19(28)25(13-21-18)12-17(27)20-9-14-3-5-15(6-4-14)11-26-8-2-7-22-26/h2-8,10,13H,9,11-12H2,1H3,(H,20,27). The highest BCUT2D eigenvalue weighted by molar-refractivity contribution is 5.77. The molecule has 3 aromatic heterocycles. The van der Waals surface area contributed by atoms with Gasteiger partial charge in [-0.3, -0.25) is 23.5 Å². The molecule has 0 radical (unpaired) electrons. The van der Waals surface area contributed by atoms with Gasteiger partial charge in [0, 0.05) is 26.0 Å². The Morgan fingerprint density at radius 3 is 2.68 bits per heavy atom. The Bertz CT molecular complexity index is 1160. The lowest BCUT2D eigenvalue weighted by Gasteiger charge is -2.08. The molecule has 0 bridgehead atoms. The van der Waals surface area contributed by atoms with Crippen LogP contribution in [0.4, 0.5) is 0 Å². The SMILES string of the molecule is Cn1ncc2c(=O)n(CC(=O)NCc3ccc(Cn4cccn4)cc3)cnc21. The Hall–Kier alpha value is -3.75. The van der Waals surface area contributed by atoms with Crippen LogP contribution < -0.4 is 10.9 Å². The van der Waals surface area contributed by atoms with Gasteiger partial charge in [-0.15, -0.1) is 0 Å². The normalized spacial score (nSPS) is 11.0. The second-order valence-corrected chi connectivity index (χ2v) is 6.48. The molecule has 3 heterocycles. The summed E-state index contributed by atoms with van der Waals surface area (Å²) in [4.78, 5) is 28.8. The molecule has 9 heteroatoms. The first-order valence-electron chi connectivity index (χ1n) is 8.79. The number of benzene rings is 1. The van der Waals surface area contributed by atoms with Crippen LogP contribution in [0.1, 0.15) is 11.1 Å². The van der Waals surface area contributed by atoms with E-state index in [1.807, 2.05) is 41.2 Å². The van der Waals surface area contributed by atoms with Gasteiger partial charge in [-0.25, -0.2) is 4.98 Å². The predicted octanol–water partition coefficient (Wildman–Crippen LogP) is 0.691. The van der Waals surface area contributed by atoms with Gasteiger partial charge in [0.1, 0.15) is 18.3 Å². The van der Waals surface area contributed by atoms with Gasteiger partial charge in [-0.05, 0) is 17.2 Å². The van der Waals surface area contributed by atoms with E-state index in [0.717, 1.165) is 11.1 Å². The van der Waals surface area contributed by atoms with Crippen LogP contribution in [0, 0.1) is 0 Å². The highest BCUT2D eigenvalue weighted by Gasteiger charge is 2.10. The van der Waals surface area contributed by atoms with Crippen LogP contribution in [0.2, 0.25) is 0 Å². The molecule has 28 heavy (non-hydrogen) atoms. The fourth-order valence-electron chi connectivity index (χ4n) is 2.93. The van der Waals surface area contributed by atoms with E-state index >= 15 is 0 Å². The number of aryl methyl sites for hydroxylation is 1. The summed E-state index contributed by atoms with van der Waals surface area (Å²) in [6.07, 6.45) is 6.49. The Labute approximate surface area is 160 Å². The maximum atomic E-state index is 12.4. The molecule has 142 valence electrons. The summed E-state index contributed by atoms with van der Waals surface area (Å²) >= 11 is 0. The largest absolute Gasteiger partial charge is 0.350 e. The number of fused-ring (bicyclic) bond motifs is 1. The van der Waals surface area contributed by atoms with E-state index in [-0.39, 0.29) is 18.0 Å². The molecule has 0 saturated heterocycles. The Morgan fingerprint density at radius 2 is 1.93 bits per heavy atom. The number of amides is 1. The Morgan fingerprint density at radius 1 is 1.14 bits per heavy atom. The minimum absolute atomic E-state index is 0.0892. The predicted molar refractivity (Wildman–Crippen MR) is 102 cm³/mol. The minimum atomic E-state index is -0.281. The molecule has 0 aliphatic carbocycles. The molecular weight excluding hydrogens is 358 g/mol. The number of carbonyl (C=O) groups is 1. The van der Waals surface area contributed by atoms with Crippen LogP contribution in [-0.4, -0.2) is 35.0 Å². The molecule has 4 aromatic rings. The highest BCUT2D eigenvalue weighted by Crippen LogP contribution is 2.06. The molecule has 0 aliphatic heterocycles. The number of carbonyl (C=O) groups excluding carboxylic acids is 1. The molecule has 0 atom stereocenters. The molecule has 0 fully saturated rings. The maximum absolute atomic E-state index is 12.4. The van der Waals surface area contributed by atoms with Crippen molar-refractivity contribution in [1.82, 2.24) is 34.4 Å². The van der Waals surface area contributed by atoms with Gasteiger partial charge < -0.3 is 5.32 Å². The van der Waals surface area contributed by atoms with Crippen LogP contribution in [-0.2, 0) is 31.5 Å². The summed E-state index contributed by atoms with van der Waals surface area (Å²) in [6, 6.07) is 9.84. The number of hydrogen-bond acceptors (Lipinski definition) is 5. The zero-order chi connectivity index (χ0) is 19.5. The van der Waals surface area contributed by atoms with Crippen LogP contribution in [0.15, 0.2) is 60.0 Å². The summed E-state index contributed by atoms with van der Waals surface area (Å²) in [7, 11) is 1.71. The lowest BCUT2D eigenvalue weighted by Crippen LogP contribution is -2.32. The quantitative estimate of drug-likeness (QED) is 0.533.